The standard InChI is InChI=1S/C14H18BrN3O/c1-2-18(12-6-4-3-5-7-12)14(19)17-13-9-8-11(15)10-16-13/h4,6,8-10,12H,2-3,5,7H2,1H3,(H,16,17,19). The van der Waals surface area contributed by atoms with E-state index in [1.807, 2.05) is 17.9 Å². The second-order valence-electron chi connectivity index (χ2n) is 4.50. The predicted molar refractivity (Wildman–Crippen MR) is 80.1 cm³/mol. The van der Waals surface area contributed by atoms with Gasteiger partial charge in [-0.2, -0.15) is 0 Å². The topological polar surface area (TPSA) is 45.2 Å². The van der Waals surface area contributed by atoms with E-state index >= 15 is 0 Å². The summed E-state index contributed by atoms with van der Waals surface area (Å²) in [7, 11) is 0. The van der Waals surface area contributed by atoms with E-state index in [2.05, 4.69) is 38.4 Å². The van der Waals surface area contributed by atoms with E-state index in [4.69, 9.17) is 0 Å². The number of allylic oxidation sites excluding steroid dienone is 1. The third-order valence-electron chi connectivity index (χ3n) is 3.19. The normalized spacial score (nSPS) is 18.1. The Bertz CT molecular complexity index is 458. The van der Waals surface area contributed by atoms with Crippen LogP contribution in [0.1, 0.15) is 26.2 Å². The van der Waals surface area contributed by atoms with Gasteiger partial charge in [0.1, 0.15) is 5.82 Å². The molecule has 2 amide bonds. The van der Waals surface area contributed by atoms with Crippen LogP contribution >= 0.6 is 15.9 Å². The number of hydrogen-bond donors (Lipinski definition) is 1. The average molecular weight is 324 g/mol. The third-order valence-corrected chi connectivity index (χ3v) is 3.66. The van der Waals surface area contributed by atoms with E-state index in [1.165, 1.54) is 0 Å². The van der Waals surface area contributed by atoms with Crippen molar-refractivity contribution in [2.45, 2.75) is 32.2 Å². The minimum Gasteiger partial charge on any atom is -0.318 e. The molecule has 1 atom stereocenters. The van der Waals surface area contributed by atoms with Gasteiger partial charge in [0.25, 0.3) is 0 Å². The first-order valence-corrected chi connectivity index (χ1v) is 7.36. The van der Waals surface area contributed by atoms with Gasteiger partial charge < -0.3 is 4.90 Å². The highest BCUT2D eigenvalue weighted by Crippen LogP contribution is 2.18. The number of nitrogens with zero attached hydrogens (tertiary/aromatic N) is 2. The number of aromatic nitrogens is 1. The molecule has 4 nitrogen and oxygen atoms in total. The molecule has 0 saturated heterocycles. The van der Waals surface area contributed by atoms with Gasteiger partial charge in [0.05, 0.1) is 6.04 Å². The lowest BCUT2D eigenvalue weighted by Gasteiger charge is -2.30. The van der Waals surface area contributed by atoms with Crippen LogP contribution < -0.4 is 5.32 Å². The van der Waals surface area contributed by atoms with Crippen LogP contribution in [0.2, 0.25) is 0 Å². The number of urea groups is 1. The molecule has 1 aliphatic carbocycles. The zero-order valence-corrected chi connectivity index (χ0v) is 12.6. The third kappa shape index (κ3) is 3.80. The molecule has 0 aromatic carbocycles. The summed E-state index contributed by atoms with van der Waals surface area (Å²) in [4.78, 5) is 18.3. The van der Waals surface area contributed by atoms with Crippen molar-refractivity contribution in [3.8, 4) is 0 Å². The molecule has 1 N–H and O–H groups in total. The predicted octanol–water partition coefficient (Wildman–Crippen LogP) is 3.81. The largest absolute Gasteiger partial charge is 0.323 e. The number of likely N-dealkylation sites (N-methyl/N-ethyl adjacent to an activating group) is 1. The van der Waals surface area contributed by atoms with Gasteiger partial charge in [-0.25, -0.2) is 9.78 Å². The molecule has 5 heteroatoms. The molecule has 1 unspecified atom stereocenters. The second kappa shape index (κ2) is 6.70. The van der Waals surface area contributed by atoms with Gasteiger partial charge in [0.15, 0.2) is 0 Å². The van der Waals surface area contributed by atoms with E-state index in [9.17, 15) is 4.79 Å². The van der Waals surface area contributed by atoms with Crippen molar-refractivity contribution in [3.05, 3.63) is 35.0 Å². The van der Waals surface area contributed by atoms with Crippen molar-refractivity contribution >= 4 is 27.8 Å². The maximum absolute atomic E-state index is 12.3. The Morgan fingerprint density at radius 3 is 3.00 bits per heavy atom. The fourth-order valence-electron chi connectivity index (χ4n) is 2.21. The molecule has 19 heavy (non-hydrogen) atoms. The molecule has 1 aromatic rings. The van der Waals surface area contributed by atoms with Crippen molar-refractivity contribution in [1.82, 2.24) is 9.88 Å². The summed E-state index contributed by atoms with van der Waals surface area (Å²) >= 11 is 3.32. The molecule has 0 radical (unpaired) electrons. The summed E-state index contributed by atoms with van der Waals surface area (Å²) < 4.78 is 0.896. The fraction of sp³-hybridized carbons (Fsp3) is 0.429. The molecule has 1 aromatic heterocycles. The van der Waals surface area contributed by atoms with Gasteiger partial charge in [0, 0.05) is 17.2 Å². The molecule has 1 aliphatic rings. The molecule has 0 fully saturated rings. The lowest BCUT2D eigenvalue weighted by atomic mass is 10.0. The number of anilines is 1. The van der Waals surface area contributed by atoms with Crippen LogP contribution in [-0.2, 0) is 0 Å². The van der Waals surface area contributed by atoms with Crippen LogP contribution in [0.4, 0.5) is 10.6 Å². The molecule has 1 heterocycles. The smallest absolute Gasteiger partial charge is 0.318 e. The first-order valence-electron chi connectivity index (χ1n) is 6.56. The number of pyridine rings is 1. The van der Waals surface area contributed by atoms with Gasteiger partial charge in [0.2, 0.25) is 0 Å². The van der Waals surface area contributed by atoms with Gasteiger partial charge in [-0.1, -0.05) is 12.2 Å². The fourth-order valence-corrected chi connectivity index (χ4v) is 2.45. The second-order valence-corrected chi connectivity index (χ2v) is 5.42. The SMILES string of the molecule is CCN(C(=O)Nc1ccc(Br)cn1)C1C=CCCC1. The molecular weight excluding hydrogens is 306 g/mol. The zero-order chi connectivity index (χ0) is 13.7. The molecule has 102 valence electrons. The molecule has 0 aliphatic heterocycles. The van der Waals surface area contributed by atoms with Gasteiger partial charge in [-0.3, -0.25) is 5.32 Å². The monoisotopic (exact) mass is 323 g/mol. The molecule has 0 saturated carbocycles. The first kappa shape index (κ1) is 14.1. The van der Waals surface area contributed by atoms with Crippen LogP contribution in [0.3, 0.4) is 0 Å². The summed E-state index contributed by atoms with van der Waals surface area (Å²) in [5.74, 6) is 0.575. The van der Waals surface area contributed by atoms with Crippen molar-refractivity contribution in [2.75, 3.05) is 11.9 Å². The molecule has 0 spiro atoms. The van der Waals surface area contributed by atoms with E-state index in [1.54, 1.807) is 12.3 Å². The Hall–Kier alpha value is -1.36. The van der Waals surface area contributed by atoms with Gasteiger partial charge in [-0.15, -0.1) is 0 Å². The van der Waals surface area contributed by atoms with Crippen LogP contribution in [-0.4, -0.2) is 28.5 Å². The minimum atomic E-state index is -0.0890. The Balaban J connectivity index is 2.02. The number of carbonyl (C=O) groups is 1. The van der Waals surface area contributed by atoms with Crippen molar-refractivity contribution in [3.63, 3.8) is 0 Å². The molecular formula is C14H18BrN3O. The van der Waals surface area contributed by atoms with E-state index in [0.717, 1.165) is 23.7 Å². The summed E-state index contributed by atoms with van der Waals surface area (Å²) in [6, 6.07) is 3.76. The zero-order valence-electron chi connectivity index (χ0n) is 11.0. The number of amides is 2. The molecule has 0 bridgehead atoms. The Morgan fingerprint density at radius 2 is 2.42 bits per heavy atom. The minimum absolute atomic E-state index is 0.0890. The van der Waals surface area contributed by atoms with Gasteiger partial charge >= 0.3 is 6.03 Å². The number of halogens is 1. The van der Waals surface area contributed by atoms with Crippen LogP contribution in [0.25, 0.3) is 0 Å². The van der Waals surface area contributed by atoms with Crippen LogP contribution in [0.5, 0.6) is 0 Å². The number of hydrogen-bond acceptors (Lipinski definition) is 2. The maximum Gasteiger partial charge on any atom is 0.323 e. The Labute approximate surface area is 122 Å². The summed E-state index contributed by atoms with van der Waals surface area (Å²) in [6.07, 6.45) is 9.24. The van der Waals surface area contributed by atoms with Crippen molar-refractivity contribution < 1.29 is 4.79 Å². The quantitative estimate of drug-likeness (QED) is 0.860. The Morgan fingerprint density at radius 1 is 1.58 bits per heavy atom. The highest BCUT2D eigenvalue weighted by Gasteiger charge is 2.21. The van der Waals surface area contributed by atoms with E-state index < -0.39 is 0 Å². The summed E-state index contributed by atoms with van der Waals surface area (Å²) in [6.45, 7) is 2.69. The molecule has 2 rings (SSSR count). The van der Waals surface area contributed by atoms with Crippen LogP contribution in [0, 0.1) is 0 Å². The first-order chi connectivity index (χ1) is 9.20. The van der Waals surface area contributed by atoms with Gasteiger partial charge in [-0.05, 0) is 54.2 Å². The van der Waals surface area contributed by atoms with Crippen LogP contribution in [0.15, 0.2) is 35.0 Å². The number of carbonyl (C=O) groups excluding carboxylic acids is 1. The highest BCUT2D eigenvalue weighted by molar-refractivity contribution is 9.10. The lowest BCUT2D eigenvalue weighted by molar-refractivity contribution is 0.198. The number of nitrogens with one attached hydrogen (secondary N) is 1. The van der Waals surface area contributed by atoms with Crippen molar-refractivity contribution in [1.29, 1.82) is 0 Å². The van der Waals surface area contributed by atoms with Crippen molar-refractivity contribution in [2.24, 2.45) is 0 Å². The highest BCUT2D eigenvalue weighted by atomic mass is 79.9. The van der Waals surface area contributed by atoms with E-state index in [-0.39, 0.29) is 12.1 Å². The maximum atomic E-state index is 12.3. The Kier molecular flexibility index (Phi) is 4.96. The summed E-state index contributed by atoms with van der Waals surface area (Å²) in [5, 5.41) is 2.84. The summed E-state index contributed by atoms with van der Waals surface area (Å²) in [5.41, 5.74) is 0. The van der Waals surface area contributed by atoms with E-state index in [0.29, 0.717) is 12.4 Å². The number of rotatable bonds is 3. The lowest BCUT2D eigenvalue weighted by Crippen LogP contribution is -2.42. The average Bonchev–Trinajstić information content (AvgIpc) is 2.43.